The molecule has 42 heavy (non-hydrogen) atoms. The molecule has 1 aliphatic heterocycles. The van der Waals surface area contributed by atoms with Crippen LogP contribution >= 0.6 is 11.3 Å². The quantitative estimate of drug-likeness (QED) is 0.283. The fraction of sp³-hybridized carbons (Fsp3) is 0.286. The van der Waals surface area contributed by atoms with Crippen molar-refractivity contribution in [2.45, 2.75) is 26.1 Å². The van der Waals surface area contributed by atoms with Crippen molar-refractivity contribution in [1.29, 1.82) is 0 Å². The van der Waals surface area contributed by atoms with E-state index in [9.17, 15) is 4.79 Å². The van der Waals surface area contributed by atoms with E-state index < -0.39 is 24.1 Å². The lowest BCUT2D eigenvalue weighted by Gasteiger charge is -2.21. The molecule has 0 radical (unpaired) electrons. The number of nitrogens with zero attached hydrogens (tertiary/aromatic N) is 6. The van der Waals surface area contributed by atoms with Crippen molar-refractivity contribution in [2.75, 3.05) is 32.3 Å². The number of fused-ring (bicyclic) bond motifs is 4. The minimum atomic E-state index is -1.08. The van der Waals surface area contributed by atoms with E-state index in [0.717, 1.165) is 15.8 Å². The second-order valence-electron chi connectivity index (χ2n) is 9.57. The highest BCUT2D eigenvalue weighted by Crippen LogP contribution is 2.48. The van der Waals surface area contributed by atoms with Gasteiger partial charge in [-0.3, -0.25) is 4.90 Å². The van der Waals surface area contributed by atoms with Crippen LogP contribution in [0.25, 0.3) is 31.8 Å². The Balaban J connectivity index is 1.28. The second kappa shape index (κ2) is 10.9. The standard InChI is InChI=1S/C28H25FN6O6S/c1-13-7-16(22-18(8-13)33-20(38-4)12-30-22)25-34-19-9-17(29)23-21(24(19)42-25)14(2)26(40-23)41-28(37)35(3)15-10-31-27(32-11-15)39-6-5-36/h7-12,14,26,36H,5-6H2,1-4H3/t14-,26-/m1/s1. The van der Waals surface area contributed by atoms with Gasteiger partial charge in [-0.1, -0.05) is 6.92 Å². The highest BCUT2D eigenvalue weighted by Gasteiger charge is 2.39. The number of methoxy groups -OCH3 is 1. The number of benzene rings is 2. The molecule has 0 fully saturated rings. The maximum atomic E-state index is 15.3. The van der Waals surface area contributed by atoms with E-state index in [1.54, 1.807) is 13.1 Å². The molecule has 0 unspecified atom stereocenters. The van der Waals surface area contributed by atoms with Crippen molar-refractivity contribution < 1.29 is 33.2 Å². The summed E-state index contributed by atoms with van der Waals surface area (Å²) in [4.78, 5) is 36.0. The van der Waals surface area contributed by atoms with Crippen molar-refractivity contribution in [1.82, 2.24) is 24.9 Å². The summed E-state index contributed by atoms with van der Waals surface area (Å²) < 4.78 is 37.8. The van der Waals surface area contributed by atoms with Gasteiger partial charge in [-0.15, -0.1) is 11.3 Å². The summed E-state index contributed by atoms with van der Waals surface area (Å²) in [5.74, 6) is -0.665. The highest BCUT2D eigenvalue weighted by atomic mass is 32.1. The monoisotopic (exact) mass is 592 g/mol. The Morgan fingerprint density at radius 3 is 2.67 bits per heavy atom. The lowest BCUT2D eigenvalue weighted by Crippen LogP contribution is -2.34. The van der Waals surface area contributed by atoms with Crippen LogP contribution in [0.15, 0.2) is 36.8 Å². The third-order valence-electron chi connectivity index (χ3n) is 6.74. The predicted molar refractivity (Wildman–Crippen MR) is 152 cm³/mol. The Bertz CT molecular complexity index is 1820. The number of rotatable bonds is 7. The fourth-order valence-corrected chi connectivity index (χ4v) is 5.86. The van der Waals surface area contributed by atoms with Gasteiger partial charge in [0.25, 0.3) is 6.29 Å². The number of thiazole rings is 1. The van der Waals surface area contributed by atoms with Crippen LogP contribution in [-0.2, 0) is 4.74 Å². The number of aliphatic hydroxyl groups is 1. The summed E-state index contributed by atoms with van der Waals surface area (Å²) in [5.41, 5.74) is 4.41. The maximum absolute atomic E-state index is 15.3. The van der Waals surface area contributed by atoms with Gasteiger partial charge in [0, 0.05) is 24.2 Å². The molecular weight excluding hydrogens is 567 g/mol. The lowest BCUT2D eigenvalue weighted by molar-refractivity contribution is -0.0281. The summed E-state index contributed by atoms with van der Waals surface area (Å²) in [5, 5.41) is 9.51. The van der Waals surface area contributed by atoms with Gasteiger partial charge < -0.3 is 24.1 Å². The number of ether oxygens (including phenoxy) is 4. The van der Waals surface area contributed by atoms with Gasteiger partial charge in [-0.05, 0) is 24.6 Å². The minimum Gasteiger partial charge on any atom is -0.480 e. The van der Waals surface area contributed by atoms with E-state index >= 15 is 4.39 Å². The third-order valence-corrected chi connectivity index (χ3v) is 7.88. The largest absolute Gasteiger partial charge is 0.480 e. The zero-order valence-corrected chi connectivity index (χ0v) is 23.8. The maximum Gasteiger partial charge on any atom is 0.417 e. The summed E-state index contributed by atoms with van der Waals surface area (Å²) in [6, 6.07) is 5.26. The zero-order valence-electron chi connectivity index (χ0n) is 23.0. The first-order chi connectivity index (χ1) is 20.3. The Hall–Kier alpha value is -4.69. The SMILES string of the molecule is COc1cnc2c(-c3nc4cc(F)c5c(c4s3)[C@@H](C)[C@@H](OC(=O)N(C)c3cnc(OCCO)nc3)O5)cc(C)cc2n1. The van der Waals surface area contributed by atoms with E-state index in [-0.39, 0.29) is 25.0 Å². The van der Waals surface area contributed by atoms with Gasteiger partial charge in [0.1, 0.15) is 11.6 Å². The van der Waals surface area contributed by atoms with E-state index in [4.69, 9.17) is 29.0 Å². The third kappa shape index (κ3) is 4.88. The first-order valence-electron chi connectivity index (χ1n) is 12.9. The average molecular weight is 593 g/mol. The molecule has 0 bridgehead atoms. The number of aliphatic hydroxyl groups excluding tert-OH is 1. The number of aromatic nitrogens is 5. The van der Waals surface area contributed by atoms with E-state index in [0.29, 0.717) is 38.7 Å². The van der Waals surface area contributed by atoms with E-state index in [1.165, 1.54) is 48.9 Å². The van der Waals surface area contributed by atoms with Crippen LogP contribution in [0.2, 0.25) is 0 Å². The van der Waals surface area contributed by atoms with Crippen LogP contribution in [0.5, 0.6) is 17.6 Å². The molecule has 1 N–H and O–H groups in total. The fourth-order valence-electron chi connectivity index (χ4n) is 4.66. The smallest absolute Gasteiger partial charge is 0.417 e. The van der Waals surface area contributed by atoms with Crippen molar-refractivity contribution >= 4 is 44.4 Å². The highest BCUT2D eigenvalue weighted by molar-refractivity contribution is 7.22. The predicted octanol–water partition coefficient (Wildman–Crippen LogP) is 4.62. The van der Waals surface area contributed by atoms with Crippen molar-refractivity contribution in [3.05, 3.63) is 53.7 Å². The van der Waals surface area contributed by atoms with Gasteiger partial charge >= 0.3 is 12.1 Å². The first-order valence-corrected chi connectivity index (χ1v) is 13.7. The number of hydrogen-bond acceptors (Lipinski definition) is 12. The second-order valence-corrected chi connectivity index (χ2v) is 10.6. The van der Waals surface area contributed by atoms with Gasteiger partial charge in [0.05, 0.1) is 65.2 Å². The molecule has 6 rings (SSSR count). The molecule has 5 aromatic rings. The van der Waals surface area contributed by atoms with E-state index in [2.05, 4.69) is 19.9 Å². The molecule has 1 amide bonds. The molecule has 216 valence electrons. The number of carbonyl (C=O) groups excluding carboxylic acids is 1. The van der Waals surface area contributed by atoms with Gasteiger partial charge in [0.2, 0.25) is 5.88 Å². The first kappa shape index (κ1) is 27.5. The molecule has 2 aromatic carbocycles. The number of halogens is 1. The van der Waals surface area contributed by atoms with Gasteiger partial charge in [-0.25, -0.2) is 34.1 Å². The van der Waals surface area contributed by atoms with Crippen LogP contribution in [0.3, 0.4) is 0 Å². The van der Waals surface area contributed by atoms with Gasteiger partial charge in [0.15, 0.2) is 11.6 Å². The molecule has 0 saturated heterocycles. The molecule has 2 atom stereocenters. The summed E-state index contributed by atoms with van der Waals surface area (Å²) >= 11 is 1.38. The number of hydrogen-bond donors (Lipinski definition) is 1. The Labute approximate surface area is 242 Å². The number of aryl methyl sites for hydroxylation is 1. The molecule has 14 heteroatoms. The summed E-state index contributed by atoms with van der Waals surface area (Å²) in [7, 11) is 3.02. The molecule has 4 heterocycles. The molecular formula is C28H25FN6O6S. The average Bonchev–Trinajstić information content (AvgIpc) is 3.56. The molecule has 0 aliphatic carbocycles. The lowest BCUT2D eigenvalue weighted by atomic mass is 10.0. The van der Waals surface area contributed by atoms with Crippen LogP contribution in [0.4, 0.5) is 14.9 Å². The van der Waals surface area contributed by atoms with Crippen LogP contribution in [0, 0.1) is 12.7 Å². The Morgan fingerprint density at radius 1 is 1.14 bits per heavy atom. The summed E-state index contributed by atoms with van der Waals surface area (Å²) in [6.45, 7) is 3.62. The topological polar surface area (TPSA) is 142 Å². The van der Waals surface area contributed by atoms with Crippen LogP contribution in [-0.4, -0.2) is 69.8 Å². The van der Waals surface area contributed by atoms with Crippen LogP contribution < -0.4 is 19.1 Å². The number of amides is 1. The van der Waals surface area contributed by atoms with Crippen molar-refractivity contribution in [3.63, 3.8) is 0 Å². The zero-order chi connectivity index (χ0) is 29.5. The normalized spacial score (nSPS) is 15.9. The number of carbonyl (C=O) groups is 1. The van der Waals surface area contributed by atoms with Crippen molar-refractivity contribution in [2.24, 2.45) is 0 Å². The molecule has 1 aliphatic rings. The Kier molecular flexibility index (Phi) is 7.16. The number of anilines is 1. The Morgan fingerprint density at radius 2 is 1.93 bits per heavy atom. The molecule has 0 spiro atoms. The van der Waals surface area contributed by atoms with Crippen molar-refractivity contribution in [3.8, 4) is 28.2 Å². The molecule has 12 nitrogen and oxygen atoms in total. The van der Waals surface area contributed by atoms with E-state index in [1.807, 2.05) is 19.1 Å². The van der Waals surface area contributed by atoms with Crippen LogP contribution in [0.1, 0.15) is 24.0 Å². The molecule has 3 aromatic heterocycles. The van der Waals surface area contributed by atoms with Gasteiger partial charge in [-0.2, -0.15) is 0 Å². The molecule has 0 saturated carbocycles. The minimum absolute atomic E-state index is 0.0259. The summed E-state index contributed by atoms with van der Waals surface area (Å²) in [6.07, 6.45) is 2.49.